The number of esters is 1. The lowest BCUT2D eigenvalue weighted by Crippen LogP contribution is -2.08. The summed E-state index contributed by atoms with van der Waals surface area (Å²) in [7, 11) is 1.36. The topological polar surface area (TPSA) is 35.5 Å². The van der Waals surface area contributed by atoms with Gasteiger partial charge in [-0.1, -0.05) is 29.8 Å². The summed E-state index contributed by atoms with van der Waals surface area (Å²) in [5.74, 6) is 0.381. The van der Waals surface area contributed by atoms with Crippen LogP contribution in [0, 0.1) is 6.92 Å². The summed E-state index contributed by atoms with van der Waals surface area (Å²) in [6.45, 7) is 2.22. The second kappa shape index (κ2) is 6.44. The van der Waals surface area contributed by atoms with Gasteiger partial charge in [-0.3, -0.25) is 0 Å². The predicted octanol–water partition coefficient (Wildman–Crippen LogP) is 4.01. The van der Waals surface area contributed by atoms with Crippen LogP contribution in [0.15, 0.2) is 42.5 Å². The zero-order valence-corrected chi connectivity index (χ0v) is 12.1. The molecule has 2 aromatic carbocycles. The van der Waals surface area contributed by atoms with Crippen LogP contribution < -0.4 is 4.74 Å². The van der Waals surface area contributed by atoms with Gasteiger partial charge in [0, 0.05) is 10.6 Å². The summed E-state index contributed by atoms with van der Waals surface area (Å²) >= 11 is 5.90. The van der Waals surface area contributed by atoms with Crippen molar-refractivity contribution < 1.29 is 14.3 Å². The molecule has 0 aromatic heterocycles. The van der Waals surface area contributed by atoms with Crippen LogP contribution in [0.1, 0.15) is 21.5 Å². The molecule has 0 aliphatic rings. The van der Waals surface area contributed by atoms with Crippen molar-refractivity contribution in [1.29, 1.82) is 0 Å². The molecular weight excluding hydrogens is 276 g/mol. The van der Waals surface area contributed by atoms with Gasteiger partial charge in [-0.15, -0.1) is 0 Å². The molecule has 0 aliphatic heterocycles. The number of aryl methyl sites for hydroxylation is 1. The van der Waals surface area contributed by atoms with Crippen molar-refractivity contribution in [3.63, 3.8) is 0 Å². The number of ether oxygens (including phenoxy) is 2. The molecule has 4 heteroatoms. The summed E-state index contributed by atoms with van der Waals surface area (Å²) in [5.41, 5.74) is 2.25. The van der Waals surface area contributed by atoms with Crippen LogP contribution in [0.2, 0.25) is 5.02 Å². The van der Waals surface area contributed by atoms with E-state index in [-0.39, 0.29) is 5.97 Å². The molecule has 0 bridgehead atoms. The van der Waals surface area contributed by atoms with Crippen LogP contribution in [0.3, 0.4) is 0 Å². The molecule has 0 saturated heterocycles. The Morgan fingerprint density at radius 1 is 1.20 bits per heavy atom. The summed E-state index contributed by atoms with van der Waals surface area (Å²) in [6.07, 6.45) is 0. The smallest absolute Gasteiger partial charge is 0.338 e. The zero-order chi connectivity index (χ0) is 14.5. The first kappa shape index (κ1) is 14.4. The number of rotatable bonds is 4. The van der Waals surface area contributed by atoms with E-state index in [2.05, 4.69) is 0 Å². The Labute approximate surface area is 123 Å². The van der Waals surface area contributed by atoms with Crippen molar-refractivity contribution in [2.75, 3.05) is 7.11 Å². The SMILES string of the molecule is COC(=O)c1ccccc1COc1ccc(Cl)cc1C. The van der Waals surface area contributed by atoms with Crippen molar-refractivity contribution in [3.05, 3.63) is 64.2 Å². The second-order valence-electron chi connectivity index (χ2n) is 4.35. The number of methoxy groups -OCH3 is 1. The Morgan fingerprint density at radius 3 is 2.65 bits per heavy atom. The van der Waals surface area contributed by atoms with Crippen molar-refractivity contribution in [1.82, 2.24) is 0 Å². The molecule has 0 fully saturated rings. The van der Waals surface area contributed by atoms with E-state index in [9.17, 15) is 4.79 Å². The summed E-state index contributed by atoms with van der Waals surface area (Å²) in [5, 5.41) is 0.671. The lowest BCUT2D eigenvalue weighted by Gasteiger charge is -2.11. The molecule has 0 radical (unpaired) electrons. The van der Waals surface area contributed by atoms with E-state index in [0.29, 0.717) is 17.2 Å². The number of hydrogen-bond acceptors (Lipinski definition) is 3. The van der Waals surface area contributed by atoms with Crippen LogP contribution in [0.4, 0.5) is 0 Å². The van der Waals surface area contributed by atoms with Gasteiger partial charge >= 0.3 is 5.97 Å². The summed E-state index contributed by atoms with van der Waals surface area (Å²) in [4.78, 5) is 11.7. The van der Waals surface area contributed by atoms with Crippen LogP contribution >= 0.6 is 11.6 Å². The number of carbonyl (C=O) groups excluding carboxylic acids is 1. The zero-order valence-electron chi connectivity index (χ0n) is 11.4. The standard InChI is InChI=1S/C16H15ClO3/c1-11-9-13(17)7-8-15(11)20-10-12-5-3-4-6-14(12)16(18)19-2/h3-9H,10H2,1-2H3. The summed E-state index contributed by atoms with van der Waals surface area (Å²) < 4.78 is 10.5. The number of benzene rings is 2. The third-order valence-corrected chi connectivity index (χ3v) is 3.18. The molecule has 0 atom stereocenters. The Kier molecular flexibility index (Phi) is 4.64. The van der Waals surface area contributed by atoms with E-state index in [0.717, 1.165) is 16.9 Å². The molecule has 0 spiro atoms. The molecule has 20 heavy (non-hydrogen) atoms. The number of halogens is 1. The monoisotopic (exact) mass is 290 g/mol. The van der Waals surface area contributed by atoms with Crippen LogP contribution in [0.25, 0.3) is 0 Å². The normalized spacial score (nSPS) is 10.2. The molecule has 0 unspecified atom stereocenters. The number of carbonyl (C=O) groups is 1. The van der Waals surface area contributed by atoms with Crippen LogP contribution in [-0.2, 0) is 11.3 Å². The minimum Gasteiger partial charge on any atom is -0.489 e. The van der Waals surface area contributed by atoms with E-state index in [4.69, 9.17) is 21.1 Å². The van der Waals surface area contributed by atoms with Crippen molar-refractivity contribution in [2.45, 2.75) is 13.5 Å². The van der Waals surface area contributed by atoms with Gasteiger partial charge in [0.2, 0.25) is 0 Å². The fraction of sp³-hybridized carbons (Fsp3) is 0.188. The van der Waals surface area contributed by atoms with Gasteiger partial charge in [-0.2, -0.15) is 0 Å². The minimum atomic E-state index is -0.364. The van der Waals surface area contributed by atoms with Gasteiger partial charge in [0.15, 0.2) is 0 Å². The lowest BCUT2D eigenvalue weighted by molar-refractivity contribution is 0.0597. The van der Waals surface area contributed by atoms with Gasteiger partial charge in [0.25, 0.3) is 0 Å². The van der Waals surface area contributed by atoms with E-state index in [1.54, 1.807) is 18.2 Å². The Bertz CT molecular complexity index is 623. The fourth-order valence-corrected chi connectivity index (χ4v) is 2.11. The van der Waals surface area contributed by atoms with E-state index in [1.807, 2.05) is 31.2 Å². The maximum Gasteiger partial charge on any atom is 0.338 e. The third kappa shape index (κ3) is 3.31. The molecule has 3 nitrogen and oxygen atoms in total. The summed E-state index contributed by atoms with van der Waals surface area (Å²) in [6, 6.07) is 12.7. The van der Waals surface area contributed by atoms with E-state index in [1.165, 1.54) is 7.11 Å². The van der Waals surface area contributed by atoms with Crippen molar-refractivity contribution in [3.8, 4) is 5.75 Å². The molecule has 0 N–H and O–H groups in total. The van der Waals surface area contributed by atoms with Crippen LogP contribution in [0.5, 0.6) is 5.75 Å². The maximum absolute atomic E-state index is 11.7. The quantitative estimate of drug-likeness (QED) is 0.798. The van der Waals surface area contributed by atoms with Gasteiger partial charge in [0.05, 0.1) is 12.7 Å². The highest BCUT2D eigenvalue weighted by molar-refractivity contribution is 6.30. The third-order valence-electron chi connectivity index (χ3n) is 2.94. The minimum absolute atomic E-state index is 0.299. The molecule has 0 saturated carbocycles. The molecule has 2 aromatic rings. The van der Waals surface area contributed by atoms with Gasteiger partial charge in [-0.25, -0.2) is 4.79 Å². The Hall–Kier alpha value is -2.00. The average Bonchev–Trinajstić information content (AvgIpc) is 2.46. The molecule has 2 rings (SSSR count). The van der Waals surface area contributed by atoms with Crippen molar-refractivity contribution in [2.24, 2.45) is 0 Å². The van der Waals surface area contributed by atoms with Gasteiger partial charge in [-0.05, 0) is 36.8 Å². The molecular formula is C16H15ClO3. The highest BCUT2D eigenvalue weighted by Crippen LogP contribution is 2.23. The first-order chi connectivity index (χ1) is 9.61. The van der Waals surface area contributed by atoms with Gasteiger partial charge < -0.3 is 9.47 Å². The first-order valence-corrected chi connectivity index (χ1v) is 6.55. The second-order valence-corrected chi connectivity index (χ2v) is 4.78. The molecule has 104 valence electrons. The van der Waals surface area contributed by atoms with Crippen LogP contribution in [-0.4, -0.2) is 13.1 Å². The molecule has 0 amide bonds. The number of hydrogen-bond donors (Lipinski definition) is 0. The highest BCUT2D eigenvalue weighted by atomic mass is 35.5. The molecule has 0 aliphatic carbocycles. The van der Waals surface area contributed by atoms with Gasteiger partial charge in [0.1, 0.15) is 12.4 Å². The Balaban J connectivity index is 2.17. The predicted molar refractivity (Wildman–Crippen MR) is 78.3 cm³/mol. The highest BCUT2D eigenvalue weighted by Gasteiger charge is 2.11. The van der Waals surface area contributed by atoms with Crippen molar-refractivity contribution >= 4 is 17.6 Å². The fourth-order valence-electron chi connectivity index (χ4n) is 1.89. The first-order valence-electron chi connectivity index (χ1n) is 6.17. The molecule has 0 heterocycles. The Morgan fingerprint density at radius 2 is 1.95 bits per heavy atom. The van der Waals surface area contributed by atoms with E-state index < -0.39 is 0 Å². The average molecular weight is 291 g/mol. The van der Waals surface area contributed by atoms with E-state index >= 15 is 0 Å². The maximum atomic E-state index is 11.7. The lowest BCUT2D eigenvalue weighted by atomic mass is 10.1. The largest absolute Gasteiger partial charge is 0.489 e.